The van der Waals surface area contributed by atoms with E-state index in [1.165, 1.54) is 0 Å². The van der Waals surface area contributed by atoms with Crippen molar-refractivity contribution >= 4 is 5.97 Å². The van der Waals surface area contributed by atoms with Crippen LogP contribution in [0.5, 0.6) is 0 Å². The molecule has 0 amide bonds. The van der Waals surface area contributed by atoms with Gasteiger partial charge in [-0.15, -0.1) is 0 Å². The first-order chi connectivity index (χ1) is 7.88. The number of hydrogen-bond acceptors (Lipinski definition) is 2. The van der Waals surface area contributed by atoms with Gasteiger partial charge < -0.3 is 10.2 Å². The van der Waals surface area contributed by atoms with E-state index in [0.29, 0.717) is 12.0 Å². The molecule has 102 valence electrons. The van der Waals surface area contributed by atoms with Crippen molar-refractivity contribution in [3.8, 4) is 0 Å². The van der Waals surface area contributed by atoms with Crippen molar-refractivity contribution in [3.63, 3.8) is 0 Å². The number of carboxylic acid groups (broad SMARTS) is 1. The maximum atomic E-state index is 11.3. The highest BCUT2D eigenvalue weighted by Crippen LogP contribution is 2.45. The lowest BCUT2D eigenvalue weighted by atomic mass is 9.66. The molecule has 0 aromatic rings. The Bertz CT molecular complexity index is 416. The number of aliphatic carboxylic acids is 1. The van der Waals surface area contributed by atoms with Gasteiger partial charge in [0.25, 0.3) is 0 Å². The van der Waals surface area contributed by atoms with E-state index in [9.17, 15) is 15.0 Å². The summed E-state index contributed by atoms with van der Waals surface area (Å²) in [6.07, 6.45) is 3.56. The Morgan fingerprint density at radius 1 is 1.22 bits per heavy atom. The van der Waals surface area contributed by atoms with Crippen LogP contribution in [0.3, 0.4) is 0 Å². The second-order valence-electron chi connectivity index (χ2n) is 7.13. The molecule has 1 unspecified atom stereocenters. The van der Waals surface area contributed by atoms with E-state index in [-0.39, 0.29) is 10.8 Å². The summed E-state index contributed by atoms with van der Waals surface area (Å²) in [4.78, 5) is 11.3. The lowest BCUT2D eigenvalue weighted by Crippen LogP contribution is -2.44. The fourth-order valence-corrected chi connectivity index (χ4v) is 2.13. The highest BCUT2D eigenvalue weighted by molar-refractivity contribution is 5.91. The quantitative estimate of drug-likeness (QED) is 0.753. The summed E-state index contributed by atoms with van der Waals surface area (Å²) in [5.74, 6) is -0.924. The monoisotopic (exact) mass is 252 g/mol. The molecule has 0 aliphatic heterocycles. The van der Waals surface area contributed by atoms with E-state index in [4.69, 9.17) is 0 Å². The van der Waals surface area contributed by atoms with Crippen molar-refractivity contribution in [2.24, 2.45) is 10.8 Å². The topological polar surface area (TPSA) is 57.5 Å². The predicted molar refractivity (Wildman–Crippen MR) is 72.3 cm³/mol. The molecule has 0 spiro atoms. The summed E-state index contributed by atoms with van der Waals surface area (Å²) in [6.45, 7) is 11.8. The molecule has 0 saturated heterocycles. The van der Waals surface area contributed by atoms with Gasteiger partial charge in [0.05, 0.1) is 11.2 Å². The van der Waals surface area contributed by atoms with Crippen LogP contribution in [0.2, 0.25) is 0 Å². The van der Waals surface area contributed by atoms with Crippen LogP contribution in [-0.2, 0) is 4.79 Å². The summed E-state index contributed by atoms with van der Waals surface area (Å²) >= 11 is 0. The van der Waals surface area contributed by atoms with Gasteiger partial charge in [0.1, 0.15) is 0 Å². The molecule has 0 radical (unpaired) electrons. The van der Waals surface area contributed by atoms with Crippen LogP contribution in [0.25, 0.3) is 0 Å². The standard InChI is InChI=1S/C15H24O3/c1-13(2,3)11-9-15(18,14(4,5)6)8-7-10(11)12(16)17/h7-8,18H,9H2,1-6H3,(H,16,17). The summed E-state index contributed by atoms with van der Waals surface area (Å²) in [5, 5.41) is 20.0. The molecule has 0 saturated carbocycles. The second-order valence-corrected chi connectivity index (χ2v) is 7.13. The van der Waals surface area contributed by atoms with Gasteiger partial charge in [0.15, 0.2) is 0 Å². The molecule has 2 N–H and O–H groups in total. The maximum absolute atomic E-state index is 11.3. The smallest absolute Gasteiger partial charge is 0.335 e. The molecule has 18 heavy (non-hydrogen) atoms. The van der Waals surface area contributed by atoms with Gasteiger partial charge in [0.2, 0.25) is 0 Å². The molecule has 0 fully saturated rings. The lowest BCUT2D eigenvalue weighted by Gasteiger charge is -2.43. The van der Waals surface area contributed by atoms with E-state index in [1.54, 1.807) is 12.2 Å². The van der Waals surface area contributed by atoms with Crippen LogP contribution in [0, 0.1) is 10.8 Å². The molecule has 0 heterocycles. The van der Waals surface area contributed by atoms with Crippen LogP contribution in [0.15, 0.2) is 23.3 Å². The number of rotatable bonds is 1. The number of hydrogen-bond donors (Lipinski definition) is 2. The van der Waals surface area contributed by atoms with Crippen LogP contribution >= 0.6 is 0 Å². The number of aliphatic hydroxyl groups is 1. The van der Waals surface area contributed by atoms with Crippen LogP contribution in [0.4, 0.5) is 0 Å². The zero-order valence-electron chi connectivity index (χ0n) is 12.2. The van der Waals surface area contributed by atoms with Crippen LogP contribution in [-0.4, -0.2) is 21.8 Å². The van der Waals surface area contributed by atoms with Gasteiger partial charge in [0, 0.05) is 6.42 Å². The first kappa shape index (κ1) is 15.0. The normalized spacial score (nSPS) is 25.5. The van der Waals surface area contributed by atoms with E-state index < -0.39 is 11.6 Å². The Hall–Kier alpha value is -1.09. The first-order valence-corrected chi connectivity index (χ1v) is 6.27. The summed E-state index contributed by atoms with van der Waals surface area (Å²) in [5.41, 5.74) is -0.470. The Balaban J connectivity index is 3.31. The average Bonchev–Trinajstić information content (AvgIpc) is 2.13. The predicted octanol–water partition coefficient (Wildman–Crippen LogP) is 3.15. The molecule has 1 atom stereocenters. The van der Waals surface area contributed by atoms with Gasteiger partial charge in [-0.2, -0.15) is 0 Å². The van der Waals surface area contributed by atoms with E-state index in [0.717, 1.165) is 5.57 Å². The molecule has 1 aliphatic rings. The van der Waals surface area contributed by atoms with Crippen LogP contribution in [0.1, 0.15) is 48.0 Å². The SMILES string of the molecule is CC(C)(C)C1=C(C(=O)O)C=CC(O)(C(C)(C)C)C1. The maximum Gasteiger partial charge on any atom is 0.335 e. The minimum atomic E-state index is -0.992. The molecular weight excluding hydrogens is 228 g/mol. The van der Waals surface area contributed by atoms with Gasteiger partial charge in [-0.1, -0.05) is 47.6 Å². The third kappa shape index (κ3) is 2.66. The highest BCUT2D eigenvalue weighted by atomic mass is 16.4. The summed E-state index contributed by atoms with van der Waals surface area (Å²) in [7, 11) is 0. The first-order valence-electron chi connectivity index (χ1n) is 6.27. The summed E-state index contributed by atoms with van der Waals surface area (Å²) < 4.78 is 0. The Morgan fingerprint density at radius 3 is 2.06 bits per heavy atom. The van der Waals surface area contributed by atoms with Crippen molar-refractivity contribution in [1.29, 1.82) is 0 Å². The molecule has 0 bridgehead atoms. The Kier molecular flexibility index (Phi) is 3.52. The third-order valence-corrected chi connectivity index (χ3v) is 3.73. The van der Waals surface area contributed by atoms with E-state index in [1.807, 2.05) is 41.5 Å². The second kappa shape index (κ2) is 4.23. The molecule has 0 aromatic heterocycles. The number of carbonyl (C=O) groups is 1. The molecule has 1 aliphatic carbocycles. The van der Waals surface area contributed by atoms with E-state index in [2.05, 4.69) is 0 Å². The van der Waals surface area contributed by atoms with Crippen LogP contribution < -0.4 is 0 Å². The fraction of sp³-hybridized carbons (Fsp3) is 0.667. The Labute approximate surface area is 109 Å². The Morgan fingerprint density at radius 2 is 1.72 bits per heavy atom. The fourth-order valence-electron chi connectivity index (χ4n) is 2.13. The third-order valence-electron chi connectivity index (χ3n) is 3.73. The minimum absolute atomic E-state index is 0.266. The van der Waals surface area contributed by atoms with E-state index >= 15 is 0 Å². The zero-order valence-corrected chi connectivity index (χ0v) is 12.2. The highest BCUT2D eigenvalue weighted by Gasteiger charge is 2.43. The molecule has 1 rings (SSSR count). The van der Waals surface area contributed by atoms with Crippen molar-refractivity contribution in [2.75, 3.05) is 0 Å². The van der Waals surface area contributed by atoms with Gasteiger partial charge in [-0.3, -0.25) is 0 Å². The number of carboxylic acids is 1. The van der Waals surface area contributed by atoms with Crippen molar-refractivity contribution in [3.05, 3.63) is 23.3 Å². The van der Waals surface area contributed by atoms with Crippen molar-refractivity contribution in [2.45, 2.75) is 53.6 Å². The minimum Gasteiger partial charge on any atom is -0.478 e. The van der Waals surface area contributed by atoms with Gasteiger partial charge >= 0.3 is 5.97 Å². The van der Waals surface area contributed by atoms with Gasteiger partial charge in [-0.05, 0) is 22.5 Å². The molecule has 3 nitrogen and oxygen atoms in total. The molecular formula is C15H24O3. The average molecular weight is 252 g/mol. The largest absolute Gasteiger partial charge is 0.478 e. The summed E-state index contributed by atoms with van der Waals surface area (Å²) in [6, 6.07) is 0. The van der Waals surface area contributed by atoms with Crippen molar-refractivity contribution in [1.82, 2.24) is 0 Å². The van der Waals surface area contributed by atoms with Crippen molar-refractivity contribution < 1.29 is 15.0 Å². The lowest BCUT2D eigenvalue weighted by molar-refractivity contribution is -0.132. The van der Waals surface area contributed by atoms with Gasteiger partial charge in [-0.25, -0.2) is 4.79 Å². The molecule has 0 aromatic carbocycles. The molecule has 3 heteroatoms. The zero-order chi connectivity index (χ0) is 14.4.